The SMILES string of the molecule is CC1(N(C(N)=S)c2ccc(C#N)cc2)CCCCC1. The molecular formula is C15H19N3S. The minimum absolute atomic E-state index is 0.00174. The topological polar surface area (TPSA) is 53.0 Å². The Bertz CT molecular complexity index is 495. The molecular weight excluding hydrogens is 254 g/mol. The number of hydrogen-bond acceptors (Lipinski definition) is 2. The van der Waals surface area contributed by atoms with E-state index in [2.05, 4.69) is 17.9 Å². The van der Waals surface area contributed by atoms with Gasteiger partial charge in [-0.1, -0.05) is 19.3 Å². The normalized spacial score (nSPS) is 17.5. The molecule has 0 heterocycles. The lowest BCUT2D eigenvalue weighted by molar-refractivity contribution is 0.323. The Morgan fingerprint density at radius 2 is 1.84 bits per heavy atom. The maximum atomic E-state index is 8.86. The van der Waals surface area contributed by atoms with Gasteiger partial charge >= 0.3 is 0 Å². The monoisotopic (exact) mass is 273 g/mol. The quantitative estimate of drug-likeness (QED) is 0.840. The first-order chi connectivity index (χ1) is 9.07. The summed E-state index contributed by atoms with van der Waals surface area (Å²) in [5.41, 5.74) is 7.58. The summed E-state index contributed by atoms with van der Waals surface area (Å²) in [5, 5.41) is 9.27. The summed E-state index contributed by atoms with van der Waals surface area (Å²) in [6.07, 6.45) is 5.92. The van der Waals surface area contributed by atoms with E-state index in [1.54, 1.807) is 0 Å². The van der Waals surface area contributed by atoms with Gasteiger partial charge in [0.25, 0.3) is 0 Å². The van der Waals surface area contributed by atoms with Crippen molar-refractivity contribution < 1.29 is 0 Å². The molecule has 2 N–H and O–H groups in total. The third kappa shape index (κ3) is 2.87. The minimum Gasteiger partial charge on any atom is -0.376 e. The Hall–Kier alpha value is -1.60. The Labute approximate surface area is 120 Å². The zero-order chi connectivity index (χ0) is 13.9. The van der Waals surface area contributed by atoms with Crippen molar-refractivity contribution in [3.05, 3.63) is 29.8 Å². The second-order valence-electron chi connectivity index (χ2n) is 5.39. The number of benzene rings is 1. The van der Waals surface area contributed by atoms with E-state index in [4.69, 9.17) is 23.2 Å². The Balaban J connectivity index is 2.34. The molecule has 1 aliphatic rings. The molecule has 4 heteroatoms. The summed E-state index contributed by atoms with van der Waals surface area (Å²) in [5.74, 6) is 0. The molecule has 0 atom stereocenters. The van der Waals surface area contributed by atoms with Crippen LogP contribution in [0.15, 0.2) is 24.3 Å². The van der Waals surface area contributed by atoms with E-state index in [0.29, 0.717) is 10.7 Å². The van der Waals surface area contributed by atoms with Crippen LogP contribution in [0.3, 0.4) is 0 Å². The zero-order valence-electron chi connectivity index (χ0n) is 11.2. The van der Waals surface area contributed by atoms with Gasteiger partial charge in [-0.25, -0.2) is 0 Å². The first-order valence-corrected chi connectivity index (χ1v) is 7.07. The van der Waals surface area contributed by atoms with Gasteiger partial charge in [-0.05, 0) is 56.2 Å². The lowest BCUT2D eigenvalue weighted by Crippen LogP contribution is -2.53. The third-order valence-corrected chi connectivity index (χ3v) is 4.13. The highest BCUT2D eigenvalue weighted by Crippen LogP contribution is 2.36. The molecule has 1 aliphatic carbocycles. The van der Waals surface area contributed by atoms with E-state index >= 15 is 0 Å². The van der Waals surface area contributed by atoms with Crippen molar-refractivity contribution in [3.8, 4) is 6.07 Å². The van der Waals surface area contributed by atoms with E-state index in [1.807, 2.05) is 24.3 Å². The van der Waals surface area contributed by atoms with E-state index in [0.717, 1.165) is 18.5 Å². The maximum absolute atomic E-state index is 8.86. The molecule has 100 valence electrons. The lowest BCUT2D eigenvalue weighted by Gasteiger charge is -2.44. The van der Waals surface area contributed by atoms with Crippen LogP contribution in [-0.2, 0) is 0 Å². The van der Waals surface area contributed by atoms with Crippen LogP contribution in [-0.4, -0.2) is 10.7 Å². The summed E-state index contributed by atoms with van der Waals surface area (Å²) in [6, 6.07) is 9.61. The van der Waals surface area contributed by atoms with E-state index in [1.165, 1.54) is 19.3 Å². The predicted molar refractivity (Wildman–Crippen MR) is 81.9 cm³/mol. The fourth-order valence-electron chi connectivity index (χ4n) is 2.93. The summed E-state index contributed by atoms with van der Waals surface area (Å²) in [6.45, 7) is 2.23. The van der Waals surface area contributed by atoms with Gasteiger partial charge < -0.3 is 10.6 Å². The average Bonchev–Trinajstić information content (AvgIpc) is 2.40. The largest absolute Gasteiger partial charge is 0.376 e. The molecule has 1 fully saturated rings. The minimum atomic E-state index is -0.00174. The van der Waals surface area contributed by atoms with Crippen LogP contribution < -0.4 is 10.6 Å². The molecule has 0 saturated heterocycles. The van der Waals surface area contributed by atoms with Gasteiger partial charge in [0.2, 0.25) is 0 Å². The van der Waals surface area contributed by atoms with E-state index < -0.39 is 0 Å². The number of nitriles is 1. The van der Waals surface area contributed by atoms with Gasteiger partial charge in [-0.15, -0.1) is 0 Å². The fourth-order valence-corrected chi connectivity index (χ4v) is 3.25. The molecule has 1 saturated carbocycles. The lowest BCUT2D eigenvalue weighted by atomic mass is 9.81. The molecule has 19 heavy (non-hydrogen) atoms. The standard InChI is InChI=1S/C15H19N3S/c1-15(9-3-2-4-10-15)18(14(17)19)13-7-5-12(11-16)6-8-13/h5-8H,2-4,9-10H2,1H3,(H2,17,19). The first-order valence-electron chi connectivity index (χ1n) is 6.67. The Morgan fingerprint density at radius 1 is 1.26 bits per heavy atom. The Kier molecular flexibility index (Phi) is 4.06. The van der Waals surface area contributed by atoms with Crippen LogP contribution in [0.5, 0.6) is 0 Å². The van der Waals surface area contributed by atoms with Crippen molar-refractivity contribution in [1.29, 1.82) is 5.26 Å². The number of nitrogens with zero attached hydrogens (tertiary/aromatic N) is 2. The highest BCUT2D eigenvalue weighted by Gasteiger charge is 2.35. The molecule has 0 bridgehead atoms. The van der Waals surface area contributed by atoms with Gasteiger partial charge in [-0.3, -0.25) is 0 Å². The molecule has 1 aromatic carbocycles. The summed E-state index contributed by atoms with van der Waals surface area (Å²) in [7, 11) is 0. The van der Waals surface area contributed by atoms with Crippen LogP contribution in [0.1, 0.15) is 44.6 Å². The summed E-state index contributed by atoms with van der Waals surface area (Å²) in [4.78, 5) is 2.06. The van der Waals surface area contributed by atoms with Crippen LogP contribution >= 0.6 is 12.2 Å². The second kappa shape index (κ2) is 5.58. The molecule has 0 amide bonds. The van der Waals surface area contributed by atoms with Gasteiger partial charge in [0.05, 0.1) is 11.6 Å². The smallest absolute Gasteiger partial charge is 0.171 e. The maximum Gasteiger partial charge on any atom is 0.171 e. The number of hydrogen-bond donors (Lipinski definition) is 1. The van der Waals surface area contributed by atoms with Crippen molar-refractivity contribution >= 4 is 23.0 Å². The molecule has 1 aromatic rings. The third-order valence-electron chi connectivity index (χ3n) is 3.95. The van der Waals surface area contributed by atoms with Crippen LogP contribution in [0.2, 0.25) is 0 Å². The van der Waals surface area contributed by atoms with E-state index in [-0.39, 0.29) is 5.54 Å². The summed E-state index contributed by atoms with van der Waals surface area (Å²) >= 11 is 5.25. The van der Waals surface area contributed by atoms with Gasteiger partial charge in [0.15, 0.2) is 5.11 Å². The summed E-state index contributed by atoms with van der Waals surface area (Å²) < 4.78 is 0. The van der Waals surface area contributed by atoms with Crippen LogP contribution in [0.25, 0.3) is 0 Å². The van der Waals surface area contributed by atoms with Gasteiger partial charge in [-0.2, -0.15) is 5.26 Å². The molecule has 0 unspecified atom stereocenters. The number of rotatable bonds is 2. The highest BCUT2D eigenvalue weighted by molar-refractivity contribution is 7.80. The predicted octanol–water partition coefficient (Wildman–Crippen LogP) is 3.33. The molecule has 0 aromatic heterocycles. The van der Waals surface area contributed by atoms with Gasteiger partial charge in [0.1, 0.15) is 0 Å². The number of anilines is 1. The molecule has 3 nitrogen and oxygen atoms in total. The number of nitrogens with two attached hydrogens (primary N) is 1. The average molecular weight is 273 g/mol. The van der Waals surface area contributed by atoms with Crippen LogP contribution in [0.4, 0.5) is 5.69 Å². The number of thiocarbonyl (C=S) groups is 1. The molecule has 0 radical (unpaired) electrons. The van der Waals surface area contributed by atoms with Crippen molar-refractivity contribution in [2.75, 3.05) is 4.90 Å². The van der Waals surface area contributed by atoms with Crippen molar-refractivity contribution in [2.45, 2.75) is 44.6 Å². The first kappa shape index (κ1) is 13.8. The fraction of sp³-hybridized carbons (Fsp3) is 0.467. The highest BCUT2D eigenvalue weighted by atomic mass is 32.1. The van der Waals surface area contributed by atoms with Crippen molar-refractivity contribution in [1.82, 2.24) is 0 Å². The van der Waals surface area contributed by atoms with E-state index in [9.17, 15) is 0 Å². The molecule has 0 aliphatic heterocycles. The van der Waals surface area contributed by atoms with Crippen LogP contribution in [0, 0.1) is 11.3 Å². The molecule has 2 rings (SSSR count). The zero-order valence-corrected chi connectivity index (χ0v) is 12.0. The Morgan fingerprint density at radius 3 is 2.32 bits per heavy atom. The second-order valence-corrected chi connectivity index (χ2v) is 5.81. The molecule has 0 spiro atoms. The van der Waals surface area contributed by atoms with Crippen molar-refractivity contribution in [2.24, 2.45) is 5.73 Å². The van der Waals surface area contributed by atoms with Gasteiger partial charge in [0, 0.05) is 11.2 Å². The van der Waals surface area contributed by atoms with Crippen molar-refractivity contribution in [3.63, 3.8) is 0 Å².